The number of hydrogen-bond donors (Lipinski definition) is 0. The summed E-state index contributed by atoms with van der Waals surface area (Å²) in [7, 11) is 2.96. The molecule has 0 radical (unpaired) electrons. The summed E-state index contributed by atoms with van der Waals surface area (Å²) in [5.41, 5.74) is 1.69. The number of halogens is 1. The van der Waals surface area contributed by atoms with Gasteiger partial charge in [-0.1, -0.05) is 16.4 Å². The number of cyclic esters (lactones) is 1. The van der Waals surface area contributed by atoms with Crippen LogP contribution in [0.4, 0.5) is 19.7 Å². The number of carbonyl (C=O) groups excluding carboxylic acids is 3. The summed E-state index contributed by atoms with van der Waals surface area (Å²) < 4.78 is 32.7. The van der Waals surface area contributed by atoms with Crippen LogP contribution in [0.1, 0.15) is 45.7 Å². The van der Waals surface area contributed by atoms with Crippen molar-refractivity contribution in [3.05, 3.63) is 60.4 Å². The third-order valence-corrected chi connectivity index (χ3v) is 7.73. The van der Waals surface area contributed by atoms with Crippen LogP contribution in [0.3, 0.4) is 0 Å². The van der Waals surface area contributed by atoms with E-state index in [-0.39, 0.29) is 6.54 Å². The number of ether oxygens (including phenoxy) is 3. The van der Waals surface area contributed by atoms with E-state index in [0.717, 1.165) is 0 Å². The molecule has 250 valence electrons. The second-order valence-corrected chi connectivity index (χ2v) is 12.4. The molecule has 47 heavy (non-hydrogen) atoms. The van der Waals surface area contributed by atoms with E-state index in [1.165, 1.54) is 35.4 Å². The molecule has 5 rings (SSSR count). The van der Waals surface area contributed by atoms with Crippen LogP contribution in [-0.2, 0) is 30.4 Å². The number of rotatable bonds is 11. The summed E-state index contributed by atoms with van der Waals surface area (Å²) >= 11 is 0. The summed E-state index contributed by atoms with van der Waals surface area (Å²) in [5, 5.41) is 11.8. The van der Waals surface area contributed by atoms with E-state index < -0.39 is 47.7 Å². The van der Waals surface area contributed by atoms with Crippen LogP contribution in [0.25, 0.3) is 11.1 Å². The molecule has 0 N–H and O–H groups in total. The SMILES string of the molecule is COC(=O)C(CCCN(C)C(=O)OC(C)(C)C)[C@@H]1CC(c2ccc(-c3ccc(N4C[C@H](Cn5ccnn5)OC4=O)cc3F)cn2)=NO1. The summed E-state index contributed by atoms with van der Waals surface area (Å²) in [6.07, 6.45) is 3.98. The van der Waals surface area contributed by atoms with Gasteiger partial charge in [0, 0.05) is 43.5 Å². The summed E-state index contributed by atoms with van der Waals surface area (Å²) in [5.74, 6) is -1.56. The minimum absolute atomic E-state index is 0.249. The van der Waals surface area contributed by atoms with Crippen LogP contribution in [0.5, 0.6) is 0 Å². The fraction of sp³-hybridized carbons (Fsp3) is 0.469. The topological polar surface area (TPSA) is 151 Å². The second kappa shape index (κ2) is 14.1. The van der Waals surface area contributed by atoms with Gasteiger partial charge in [-0.15, -0.1) is 5.10 Å². The Morgan fingerprint density at radius 2 is 2.02 bits per heavy atom. The number of benzene rings is 1. The lowest BCUT2D eigenvalue weighted by Crippen LogP contribution is -2.35. The molecule has 0 aliphatic carbocycles. The zero-order valence-corrected chi connectivity index (χ0v) is 27.0. The molecule has 2 aromatic heterocycles. The van der Waals surface area contributed by atoms with Gasteiger partial charge in [0.05, 0.1) is 43.7 Å². The molecule has 14 nitrogen and oxygen atoms in total. The van der Waals surface area contributed by atoms with E-state index in [9.17, 15) is 14.4 Å². The second-order valence-electron chi connectivity index (χ2n) is 12.4. The lowest BCUT2D eigenvalue weighted by Gasteiger charge is -2.25. The lowest BCUT2D eigenvalue weighted by molar-refractivity contribution is -0.150. The Bertz CT molecular complexity index is 1610. The number of methoxy groups -OCH3 is 1. The van der Waals surface area contributed by atoms with Gasteiger partial charge in [-0.25, -0.2) is 18.7 Å². The van der Waals surface area contributed by atoms with Gasteiger partial charge in [0.15, 0.2) is 0 Å². The van der Waals surface area contributed by atoms with Crippen LogP contribution in [0.15, 0.2) is 54.1 Å². The van der Waals surface area contributed by atoms with Crippen molar-refractivity contribution in [2.24, 2.45) is 11.1 Å². The van der Waals surface area contributed by atoms with Crippen LogP contribution in [0.2, 0.25) is 0 Å². The summed E-state index contributed by atoms with van der Waals surface area (Å²) in [6, 6.07) is 7.97. The number of esters is 1. The van der Waals surface area contributed by atoms with E-state index in [4.69, 9.17) is 19.0 Å². The van der Waals surface area contributed by atoms with E-state index in [2.05, 4.69) is 20.5 Å². The van der Waals surface area contributed by atoms with Gasteiger partial charge in [0.2, 0.25) is 0 Å². The van der Waals surface area contributed by atoms with E-state index in [1.807, 2.05) is 0 Å². The van der Waals surface area contributed by atoms with Gasteiger partial charge in [-0.3, -0.25) is 14.7 Å². The van der Waals surface area contributed by atoms with Crippen LogP contribution in [-0.4, -0.2) is 93.8 Å². The predicted octanol–water partition coefficient (Wildman–Crippen LogP) is 4.43. The van der Waals surface area contributed by atoms with Crippen LogP contribution < -0.4 is 4.90 Å². The van der Waals surface area contributed by atoms with E-state index in [1.54, 1.807) is 63.0 Å². The first kappa shape index (κ1) is 33.3. The van der Waals surface area contributed by atoms with Gasteiger partial charge in [0.1, 0.15) is 29.3 Å². The lowest BCUT2D eigenvalue weighted by atomic mass is 9.92. The van der Waals surface area contributed by atoms with Crippen LogP contribution in [0, 0.1) is 11.7 Å². The average molecular weight is 652 g/mol. The van der Waals surface area contributed by atoms with Gasteiger partial charge >= 0.3 is 18.2 Å². The number of nitrogens with zero attached hydrogens (tertiary/aromatic N) is 7. The molecule has 2 aliphatic rings. The number of oxime groups is 1. The molecule has 0 saturated carbocycles. The van der Waals surface area contributed by atoms with Crippen molar-refractivity contribution in [2.45, 2.75) is 64.4 Å². The van der Waals surface area contributed by atoms with Gasteiger partial charge in [-0.2, -0.15) is 0 Å². The minimum Gasteiger partial charge on any atom is -0.469 e. The predicted molar refractivity (Wildman–Crippen MR) is 167 cm³/mol. The molecule has 0 spiro atoms. The molecule has 1 aromatic carbocycles. The highest BCUT2D eigenvalue weighted by atomic mass is 19.1. The molecule has 2 amide bonds. The Labute approximate surface area is 271 Å². The Hall–Kier alpha value is -5.08. The molecule has 1 unspecified atom stereocenters. The Kier molecular flexibility index (Phi) is 10.0. The third kappa shape index (κ3) is 8.20. The first-order valence-corrected chi connectivity index (χ1v) is 15.2. The molecule has 1 saturated heterocycles. The molecule has 3 atom stereocenters. The zero-order chi connectivity index (χ0) is 33.7. The van der Waals surface area contributed by atoms with Crippen molar-refractivity contribution >= 4 is 29.6 Å². The summed E-state index contributed by atoms with van der Waals surface area (Å²) in [4.78, 5) is 50.3. The number of carbonyl (C=O) groups is 3. The monoisotopic (exact) mass is 651 g/mol. The minimum atomic E-state index is -0.606. The maximum atomic E-state index is 15.3. The third-order valence-electron chi connectivity index (χ3n) is 7.73. The molecule has 3 aromatic rings. The van der Waals surface area contributed by atoms with Crippen molar-refractivity contribution < 1.29 is 37.8 Å². The molecule has 2 aliphatic heterocycles. The maximum Gasteiger partial charge on any atom is 0.414 e. The van der Waals surface area contributed by atoms with E-state index in [0.29, 0.717) is 60.6 Å². The zero-order valence-electron chi connectivity index (χ0n) is 27.0. The quantitative estimate of drug-likeness (QED) is 0.215. The standard InChI is InChI=1S/C32H38FN7O7/c1-32(2,3)46-30(42)38(4)13-6-7-24(29(41)44-5)28-16-27(36-47-28)26-11-8-20(17-34-26)23-10-9-21(15-25(23)33)40-19-22(45-31(40)43)18-39-14-12-35-37-39/h8-12,14-15,17,22,24,28H,6-7,13,16,18-19H2,1-5H3/t22-,24?,28-/m0/s1. The largest absolute Gasteiger partial charge is 0.469 e. The first-order chi connectivity index (χ1) is 22.4. The highest BCUT2D eigenvalue weighted by Crippen LogP contribution is 2.31. The Morgan fingerprint density at radius 1 is 1.21 bits per heavy atom. The number of hydrogen-bond acceptors (Lipinski definition) is 11. The molecular formula is C32H38FN7O7. The van der Waals surface area contributed by atoms with Crippen LogP contribution >= 0.6 is 0 Å². The van der Waals surface area contributed by atoms with Gasteiger partial charge in [-0.05, 0) is 57.9 Å². The molecule has 15 heteroatoms. The summed E-state index contributed by atoms with van der Waals surface area (Å²) in [6.45, 7) is 6.37. The van der Waals surface area contributed by atoms with Crippen molar-refractivity contribution in [3.63, 3.8) is 0 Å². The molecule has 4 heterocycles. The molecule has 1 fully saturated rings. The van der Waals surface area contributed by atoms with Crippen molar-refractivity contribution in [2.75, 3.05) is 32.1 Å². The highest BCUT2D eigenvalue weighted by Gasteiger charge is 2.36. The van der Waals surface area contributed by atoms with Crippen molar-refractivity contribution in [3.8, 4) is 11.1 Å². The van der Waals surface area contributed by atoms with Gasteiger partial charge < -0.3 is 23.9 Å². The fourth-order valence-electron chi connectivity index (χ4n) is 5.35. The van der Waals surface area contributed by atoms with Gasteiger partial charge in [0.25, 0.3) is 0 Å². The fourth-order valence-corrected chi connectivity index (χ4v) is 5.35. The number of pyridine rings is 1. The normalized spacial score (nSPS) is 18.3. The maximum absolute atomic E-state index is 15.3. The van der Waals surface area contributed by atoms with E-state index >= 15 is 4.39 Å². The Morgan fingerprint density at radius 3 is 2.68 bits per heavy atom. The first-order valence-electron chi connectivity index (χ1n) is 15.2. The van der Waals surface area contributed by atoms with Crippen molar-refractivity contribution in [1.82, 2.24) is 24.9 Å². The van der Waals surface area contributed by atoms with Crippen molar-refractivity contribution in [1.29, 1.82) is 0 Å². The highest BCUT2D eigenvalue weighted by molar-refractivity contribution is 6.00. The molecular weight excluding hydrogens is 613 g/mol. The number of amides is 2. The Balaban J connectivity index is 1.17. The smallest absolute Gasteiger partial charge is 0.414 e. The number of aromatic nitrogens is 4. The number of anilines is 1. The average Bonchev–Trinajstić information content (AvgIpc) is 3.80. The molecule has 0 bridgehead atoms.